The van der Waals surface area contributed by atoms with E-state index in [2.05, 4.69) is 31.3 Å². The minimum Gasteiger partial charge on any atom is -0.348 e. The van der Waals surface area contributed by atoms with E-state index < -0.39 is 0 Å². The Morgan fingerprint density at radius 3 is 2.67 bits per heavy atom. The van der Waals surface area contributed by atoms with Gasteiger partial charge in [0.1, 0.15) is 6.54 Å². The Morgan fingerprint density at radius 2 is 1.92 bits per heavy atom. The highest BCUT2D eigenvalue weighted by molar-refractivity contribution is 7.16. The highest BCUT2D eigenvalue weighted by Crippen LogP contribution is 2.18. The Bertz CT molecular complexity index is 955. The maximum atomic E-state index is 12.4. The first-order valence-electron chi connectivity index (χ1n) is 7.90. The number of para-hydroxylation sites is 1. The number of nitrogens with zero attached hydrogens (tertiary/aromatic N) is 1. The molecule has 5 heteroatoms. The summed E-state index contributed by atoms with van der Waals surface area (Å²) in [5.41, 5.74) is 4.30. The van der Waals surface area contributed by atoms with E-state index in [1.807, 2.05) is 37.3 Å². The molecule has 2 aromatic carbocycles. The highest BCUT2D eigenvalue weighted by Gasteiger charge is 2.14. The molecular weight excluding hydrogens is 320 g/mol. The van der Waals surface area contributed by atoms with Gasteiger partial charge < -0.3 is 5.32 Å². The van der Waals surface area contributed by atoms with Crippen molar-refractivity contribution in [2.24, 2.45) is 0 Å². The maximum absolute atomic E-state index is 12.4. The number of hydrogen-bond acceptors (Lipinski definition) is 3. The molecule has 1 aromatic heterocycles. The number of benzene rings is 2. The van der Waals surface area contributed by atoms with Gasteiger partial charge in [0.25, 0.3) is 0 Å². The number of amides is 1. The Morgan fingerprint density at radius 1 is 1.17 bits per heavy atom. The third kappa shape index (κ3) is 3.26. The molecule has 1 amide bonds. The van der Waals surface area contributed by atoms with Crippen molar-refractivity contribution < 1.29 is 4.79 Å². The molecule has 0 aliphatic rings. The summed E-state index contributed by atoms with van der Waals surface area (Å²) >= 11 is 1.17. The van der Waals surface area contributed by atoms with Crippen LogP contribution in [-0.2, 0) is 11.3 Å². The lowest BCUT2D eigenvalue weighted by Gasteiger charge is -2.16. The summed E-state index contributed by atoms with van der Waals surface area (Å²) in [5.74, 6) is -0.161. The van der Waals surface area contributed by atoms with Crippen LogP contribution < -0.4 is 10.2 Å². The van der Waals surface area contributed by atoms with Crippen LogP contribution in [0.3, 0.4) is 0 Å². The van der Waals surface area contributed by atoms with Crippen molar-refractivity contribution in [2.75, 3.05) is 0 Å². The molecule has 0 saturated carbocycles. The van der Waals surface area contributed by atoms with E-state index in [1.54, 1.807) is 0 Å². The summed E-state index contributed by atoms with van der Waals surface area (Å²) in [4.78, 5) is 24.4. The summed E-state index contributed by atoms with van der Waals surface area (Å²) in [7, 11) is 0. The Hall–Kier alpha value is -2.40. The zero-order valence-corrected chi connectivity index (χ0v) is 14.8. The molecule has 124 valence electrons. The molecule has 0 spiro atoms. The van der Waals surface area contributed by atoms with E-state index in [-0.39, 0.29) is 23.4 Å². The van der Waals surface area contributed by atoms with Crippen molar-refractivity contribution in [3.8, 4) is 0 Å². The molecule has 3 aromatic rings. The van der Waals surface area contributed by atoms with Crippen LogP contribution in [0.25, 0.3) is 10.2 Å². The number of aryl methyl sites for hydroxylation is 2. The SMILES string of the molecule is Cc1ccc([C@@H](C)NC(=O)Cn2c(=O)sc3ccccc32)cc1C. The molecule has 0 saturated heterocycles. The molecular formula is C19H20N2O2S. The van der Waals surface area contributed by atoms with Crippen LogP contribution in [0.5, 0.6) is 0 Å². The molecule has 0 fully saturated rings. The fourth-order valence-corrected chi connectivity index (χ4v) is 3.60. The molecule has 0 radical (unpaired) electrons. The number of aromatic nitrogens is 1. The van der Waals surface area contributed by atoms with E-state index >= 15 is 0 Å². The van der Waals surface area contributed by atoms with Crippen molar-refractivity contribution in [2.45, 2.75) is 33.4 Å². The van der Waals surface area contributed by atoms with Crippen LogP contribution in [0.4, 0.5) is 0 Å². The molecule has 24 heavy (non-hydrogen) atoms. The van der Waals surface area contributed by atoms with Gasteiger partial charge in [0.2, 0.25) is 5.91 Å². The highest BCUT2D eigenvalue weighted by atomic mass is 32.1. The molecule has 0 bridgehead atoms. The normalized spacial score (nSPS) is 12.3. The molecule has 0 aliphatic heterocycles. The largest absolute Gasteiger partial charge is 0.348 e. The van der Waals surface area contributed by atoms with Crippen molar-refractivity contribution >= 4 is 27.5 Å². The van der Waals surface area contributed by atoms with E-state index in [1.165, 1.54) is 27.0 Å². The number of thiazole rings is 1. The quantitative estimate of drug-likeness (QED) is 0.789. The van der Waals surface area contributed by atoms with Crippen LogP contribution in [0.15, 0.2) is 47.3 Å². The smallest absolute Gasteiger partial charge is 0.308 e. The minimum absolute atomic E-state index is 0.0397. The summed E-state index contributed by atoms with van der Waals surface area (Å²) in [6.45, 7) is 6.12. The second-order valence-electron chi connectivity index (χ2n) is 6.05. The van der Waals surface area contributed by atoms with Crippen molar-refractivity contribution in [1.82, 2.24) is 9.88 Å². The summed E-state index contributed by atoms with van der Waals surface area (Å²) in [5, 5.41) is 2.98. The summed E-state index contributed by atoms with van der Waals surface area (Å²) < 4.78 is 2.43. The number of nitrogens with one attached hydrogen (secondary N) is 1. The van der Waals surface area contributed by atoms with Crippen LogP contribution in [0.2, 0.25) is 0 Å². The van der Waals surface area contributed by atoms with Crippen LogP contribution in [0, 0.1) is 13.8 Å². The third-order valence-corrected chi connectivity index (χ3v) is 5.24. The van der Waals surface area contributed by atoms with Gasteiger partial charge in [-0.25, -0.2) is 0 Å². The molecule has 1 heterocycles. The van der Waals surface area contributed by atoms with Gasteiger partial charge in [-0.1, -0.05) is 41.7 Å². The lowest BCUT2D eigenvalue weighted by Crippen LogP contribution is -2.32. The number of fused-ring (bicyclic) bond motifs is 1. The zero-order valence-electron chi connectivity index (χ0n) is 14.0. The molecule has 4 nitrogen and oxygen atoms in total. The lowest BCUT2D eigenvalue weighted by atomic mass is 10.0. The average Bonchev–Trinajstić information content (AvgIpc) is 2.86. The van der Waals surface area contributed by atoms with Gasteiger partial charge in [0.05, 0.1) is 16.3 Å². The predicted molar refractivity (Wildman–Crippen MR) is 98.6 cm³/mol. The van der Waals surface area contributed by atoms with Gasteiger partial charge in [-0.2, -0.15) is 0 Å². The Labute approximate surface area is 144 Å². The number of carbonyl (C=O) groups is 1. The van der Waals surface area contributed by atoms with Crippen molar-refractivity contribution in [3.05, 3.63) is 68.8 Å². The number of hydrogen-bond donors (Lipinski definition) is 1. The van der Waals surface area contributed by atoms with E-state index in [0.29, 0.717) is 0 Å². The molecule has 1 atom stereocenters. The topological polar surface area (TPSA) is 51.1 Å². The summed E-state index contributed by atoms with van der Waals surface area (Å²) in [6, 6.07) is 13.6. The fourth-order valence-electron chi connectivity index (χ4n) is 2.71. The molecule has 0 unspecified atom stereocenters. The lowest BCUT2D eigenvalue weighted by molar-refractivity contribution is -0.122. The number of carbonyl (C=O) groups excluding carboxylic acids is 1. The maximum Gasteiger partial charge on any atom is 0.308 e. The first-order valence-corrected chi connectivity index (χ1v) is 8.72. The average molecular weight is 340 g/mol. The standard InChI is InChI=1S/C19H20N2O2S/c1-12-8-9-15(10-13(12)2)14(3)20-18(22)11-21-16-6-4-5-7-17(16)24-19(21)23/h4-10,14H,11H2,1-3H3,(H,20,22)/t14-/m1/s1. The second kappa shape index (κ2) is 6.61. The van der Waals surface area contributed by atoms with Gasteiger partial charge in [-0.15, -0.1) is 0 Å². The Balaban J connectivity index is 1.76. The second-order valence-corrected chi connectivity index (χ2v) is 7.05. The van der Waals surface area contributed by atoms with Gasteiger partial charge in [0.15, 0.2) is 0 Å². The van der Waals surface area contributed by atoms with Crippen molar-refractivity contribution in [3.63, 3.8) is 0 Å². The van der Waals surface area contributed by atoms with E-state index in [9.17, 15) is 9.59 Å². The van der Waals surface area contributed by atoms with E-state index in [0.717, 1.165) is 15.8 Å². The Kier molecular flexibility index (Phi) is 4.53. The van der Waals surface area contributed by atoms with Gasteiger partial charge in [0, 0.05) is 0 Å². The third-order valence-electron chi connectivity index (χ3n) is 4.28. The number of rotatable bonds is 4. The predicted octanol–water partition coefficient (Wildman–Crippen LogP) is 3.56. The van der Waals surface area contributed by atoms with Gasteiger partial charge in [-0.3, -0.25) is 14.2 Å². The van der Waals surface area contributed by atoms with Crippen LogP contribution in [-0.4, -0.2) is 10.5 Å². The minimum atomic E-state index is -0.161. The summed E-state index contributed by atoms with van der Waals surface area (Å²) in [6.07, 6.45) is 0. The monoisotopic (exact) mass is 340 g/mol. The van der Waals surface area contributed by atoms with Gasteiger partial charge >= 0.3 is 4.87 Å². The first kappa shape index (κ1) is 16.5. The van der Waals surface area contributed by atoms with Crippen molar-refractivity contribution in [1.29, 1.82) is 0 Å². The first-order chi connectivity index (χ1) is 11.5. The van der Waals surface area contributed by atoms with Crippen LogP contribution in [0.1, 0.15) is 29.7 Å². The van der Waals surface area contributed by atoms with E-state index in [4.69, 9.17) is 0 Å². The molecule has 3 rings (SSSR count). The van der Waals surface area contributed by atoms with Crippen LogP contribution >= 0.6 is 11.3 Å². The molecule has 0 aliphatic carbocycles. The van der Waals surface area contributed by atoms with Gasteiger partial charge in [-0.05, 0) is 49.6 Å². The fraction of sp³-hybridized carbons (Fsp3) is 0.263. The molecule has 1 N–H and O–H groups in total. The zero-order chi connectivity index (χ0) is 17.3.